The molecule has 9 aromatic rings. The Bertz CT molecular complexity index is 2730. The molecule has 4 heteroatoms. The number of rotatable bonds is 5. The molecule has 3 aromatic heterocycles. The molecule has 0 spiro atoms. The minimum Gasteiger partial charge on any atom is -0.500 e. The third-order valence-electron chi connectivity index (χ3n) is 9.52. The Morgan fingerprint density at radius 2 is 1.38 bits per heavy atom. The van der Waals surface area contributed by atoms with Crippen molar-refractivity contribution in [2.24, 2.45) is 0 Å². The van der Waals surface area contributed by atoms with Crippen LogP contribution >= 0.6 is 0 Å². The summed E-state index contributed by atoms with van der Waals surface area (Å²) in [4.78, 5) is 9.00. The van der Waals surface area contributed by atoms with Crippen molar-refractivity contribution in [2.45, 2.75) is 26.1 Å². The van der Waals surface area contributed by atoms with Gasteiger partial charge in [-0.25, -0.2) is 0 Å². The molecule has 0 unspecified atom stereocenters. The first-order chi connectivity index (χ1) is 26.2. The van der Waals surface area contributed by atoms with Crippen molar-refractivity contribution in [1.82, 2.24) is 9.97 Å². The number of furan rings is 1. The number of hydrogen-bond acceptors (Lipinski definition) is 3. The van der Waals surface area contributed by atoms with Gasteiger partial charge in [0.1, 0.15) is 5.58 Å². The van der Waals surface area contributed by atoms with E-state index in [2.05, 4.69) is 121 Å². The maximum absolute atomic E-state index is 7.72. The van der Waals surface area contributed by atoms with E-state index >= 15 is 0 Å². The molecule has 1 radical (unpaired) electrons. The number of pyridine rings is 2. The number of aryl methyl sites for hydroxylation is 1. The fraction of sp³-hybridized carbons (Fsp3) is 0.0833. The van der Waals surface area contributed by atoms with Crippen molar-refractivity contribution in [1.29, 1.82) is 0 Å². The van der Waals surface area contributed by atoms with Crippen molar-refractivity contribution in [2.75, 3.05) is 0 Å². The van der Waals surface area contributed by atoms with Gasteiger partial charge >= 0.3 is 0 Å². The Morgan fingerprint density at radius 1 is 0.635 bits per heavy atom. The molecule has 3 nitrogen and oxygen atoms in total. The van der Waals surface area contributed by atoms with Gasteiger partial charge in [-0.15, -0.1) is 59.7 Å². The summed E-state index contributed by atoms with van der Waals surface area (Å²) in [6.07, 6.45) is 3.35. The second-order valence-electron chi connectivity index (χ2n) is 13.1. The van der Waals surface area contributed by atoms with Gasteiger partial charge in [0.05, 0.1) is 5.58 Å². The van der Waals surface area contributed by atoms with Crippen LogP contribution < -0.4 is 0 Å². The molecule has 3 heterocycles. The summed E-state index contributed by atoms with van der Waals surface area (Å²) in [5.74, 6) is 0. The summed E-state index contributed by atoms with van der Waals surface area (Å²) in [5, 5.41) is 4.66. The fourth-order valence-corrected chi connectivity index (χ4v) is 6.64. The van der Waals surface area contributed by atoms with Crippen LogP contribution in [0.15, 0.2) is 168 Å². The van der Waals surface area contributed by atoms with Crippen LogP contribution in [0.4, 0.5) is 0 Å². The zero-order valence-electron chi connectivity index (χ0n) is 31.7. The van der Waals surface area contributed by atoms with Gasteiger partial charge in [-0.05, 0) is 69.0 Å². The van der Waals surface area contributed by atoms with Gasteiger partial charge in [-0.3, -0.25) is 0 Å². The number of benzene rings is 6. The second-order valence-corrected chi connectivity index (χ2v) is 13.1. The quantitative estimate of drug-likeness (QED) is 0.162. The normalized spacial score (nSPS) is 12.3. The van der Waals surface area contributed by atoms with Crippen molar-refractivity contribution >= 4 is 32.7 Å². The monoisotopic (exact) mass is 852 g/mol. The molecule has 255 valence electrons. The first-order valence-electron chi connectivity index (χ1n) is 18.5. The number of hydrogen-bond donors (Lipinski definition) is 0. The topological polar surface area (TPSA) is 38.9 Å². The average molecular weight is 852 g/mol. The van der Waals surface area contributed by atoms with Crippen LogP contribution in [-0.2, 0) is 25.5 Å². The molecule has 9 rings (SSSR count). The van der Waals surface area contributed by atoms with Gasteiger partial charge in [0.25, 0.3) is 0 Å². The Morgan fingerprint density at radius 3 is 2.17 bits per heavy atom. The standard InChI is InChI=1S/C30H22NO.C18H14N.Ir/c1-30(2,22-9-4-3-5-10-22)23-16-17-31-26(19-23)21-13-14-27-25(18-21)29-24-11-7-6-8-20(24)12-15-28(29)32-27;1-14-13-19-18(16-10-6-3-7-11-16)12-17(14)15-8-4-2-5-9-15;/h3-12,14-19H,1-2H3;2-10,12-13H,1H3;/q2*-1;/i;1D3;. The molecule has 6 aromatic carbocycles. The van der Waals surface area contributed by atoms with Gasteiger partial charge in [0.15, 0.2) is 0 Å². The third-order valence-corrected chi connectivity index (χ3v) is 9.52. The molecule has 0 N–H and O–H groups in total. The van der Waals surface area contributed by atoms with E-state index in [0.29, 0.717) is 11.3 Å². The third kappa shape index (κ3) is 6.84. The molecule has 0 saturated heterocycles. The Hall–Kier alpha value is -5.67. The number of fused-ring (bicyclic) bond motifs is 5. The predicted octanol–water partition coefficient (Wildman–Crippen LogP) is 12.4. The Balaban J connectivity index is 0.000000178. The van der Waals surface area contributed by atoms with E-state index in [0.717, 1.165) is 44.3 Å². The summed E-state index contributed by atoms with van der Waals surface area (Å²) in [7, 11) is 0. The SMILES string of the molecule is CC(C)(c1ccccc1)c1ccnc(-c2[c-]cc3oc4ccc5ccccc5c4c3c2)c1.[2H]C([2H])([2H])c1cnc(-c2[c-]cccc2)cc1-c1ccccc1.[Ir]. The van der Waals surface area contributed by atoms with Crippen molar-refractivity contribution in [3.63, 3.8) is 0 Å². The molecule has 0 bridgehead atoms. The summed E-state index contributed by atoms with van der Waals surface area (Å²) in [5.41, 5.74) is 9.40. The van der Waals surface area contributed by atoms with E-state index in [-0.39, 0.29) is 31.1 Å². The molecule has 0 aliphatic carbocycles. The summed E-state index contributed by atoms with van der Waals surface area (Å²) < 4.78 is 29.3. The maximum atomic E-state index is 7.72. The fourth-order valence-electron chi connectivity index (χ4n) is 6.64. The van der Waals surface area contributed by atoms with Crippen molar-refractivity contribution in [3.05, 3.63) is 193 Å². The molecule has 0 atom stereocenters. The molecule has 0 fully saturated rings. The van der Waals surface area contributed by atoms with Gasteiger partial charge in [0.2, 0.25) is 0 Å². The largest absolute Gasteiger partial charge is 0.500 e. The second kappa shape index (κ2) is 14.9. The van der Waals surface area contributed by atoms with Crippen LogP contribution in [0.5, 0.6) is 0 Å². The van der Waals surface area contributed by atoms with E-state index in [4.69, 9.17) is 8.53 Å². The molecular weight excluding hydrogens is 813 g/mol. The molecule has 0 aliphatic heterocycles. The molecule has 0 aliphatic rings. The zero-order valence-corrected chi connectivity index (χ0v) is 31.1. The molecule has 0 saturated carbocycles. The van der Waals surface area contributed by atoms with E-state index in [1.54, 1.807) is 0 Å². The minimum atomic E-state index is -2.20. The summed E-state index contributed by atoms with van der Waals surface area (Å²) in [6, 6.07) is 57.0. The smallest absolute Gasteiger partial charge is 0.121 e. The van der Waals surface area contributed by atoms with E-state index in [1.165, 1.54) is 28.1 Å². The van der Waals surface area contributed by atoms with E-state index in [1.807, 2.05) is 72.9 Å². The van der Waals surface area contributed by atoms with Crippen molar-refractivity contribution < 1.29 is 28.6 Å². The Kier molecular flexibility index (Phi) is 8.91. The van der Waals surface area contributed by atoms with Crippen LogP contribution in [0.2, 0.25) is 0 Å². The number of nitrogens with zero attached hydrogens (tertiary/aromatic N) is 2. The van der Waals surface area contributed by atoms with E-state index in [9.17, 15) is 0 Å². The van der Waals surface area contributed by atoms with Crippen LogP contribution in [0, 0.1) is 19.0 Å². The van der Waals surface area contributed by atoms with Crippen LogP contribution in [-0.4, -0.2) is 9.97 Å². The average Bonchev–Trinajstić information content (AvgIpc) is 3.60. The zero-order chi connectivity index (χ0) is 37.3. The molecular formula is C48H36IrN2O-2. The first-order valence-corrected chi connectivity index (χ1v) is 17.0. The molecule has 0 amide bonds. The van der Waals surface area contributed by atoms with Crippen molar-refractivity contribution in [3.8, 4) is 33.6 Å². The van der Waals surface area contributed by atoms with Crippen LogP contribution in [0.1, 0.15) is 34.7 Å². The van der Waals surface area contributed by atoms with Crippen LogP contribution in [0.25, 0.3) is 66.4 Å². The maximum Gasteiger partial charge on any atom is 0.121 e. The molecule has 52 heavy (non-hydrogen) atoms. The van der Waals surface area contributed by atoms with Gasteiger partial charge in [-0.1, -0.05) is 122 Å². The predicted molar refractivity (Wildman–Crippen MR) is 211 cm³/mol. The summed E-state index contributed by atoms with van der Waals surface area (Å²) >= 11 is 0. The summed E-state index contributed by atoms with van der Waals surface area (Å²) in [6.45, 7) is 2.31. The van der Waals surface area contributed by atoms with E-state index < -0.39 is 6.85 Å². The van der Waals surface area contributed by atoms with Crippen LogP contribution in [0.3, 0.4) is 0 Å². The first kappa shape index (κ1) is 31.1. The van der Waals surface area contributed by atoms with Gasteiger partial charge in [0, 0.05) is 47.4 Å². The minimum absolute atomic E-state index is 0. The van der Waals surface area contributed by atoms with Gasteiger partial charge < -0.3 is 14.4 Å². The Labute approximate surface area is 322 Å². The number of aromatic nitrogens is 2. The van der Waals surface area contributed by atoms with Gasteiger partial charge in [-0.2, -0.15) is 0 Å².